The zero-order valence-electron chi connectivity index (χ0n) is 17.2. The molecule has 0 aromatic heterocycles. The highest BCUT2D eigenvalue weighted by atomic mass is 16.5. The maximum absolute atomic E-state index is 12.8. The van der Waals surface area contributed by atoms with Crippen LogP contribution in [-0.2, 0) is 11.3 Å². The van der Waals surface area contributed by atoms with E-state index in [1.54, 1.807) is 12.1 Å². The van der Waals surface area contributed by atoms with Crippen LogP contribution in [0.2, 0.25) is 0 Å². The fourth-order valence-corrected chi connectivity index (χ4v) is 4.41. The number of primary amides is 1. The first kappa shape index (κ1) is 20.4. The van der Waals surface area contributed by atoms with Crippen molar-refractivity contribution in [3.8, 4) is 5.75 Å². The molecule has 4 rings (SSSR count). The molecule has 1 unspecified atom stereocenters. The Morgan fingerprint density at radius 2 is 1.73 bits per heavy atom. The maximum Gasteiger partial charge on any atom is 0.255 e. The van der Waals surface area contributed by atoms with Gasteiger partial charge in [0.25, 0.3) is 5.91 Å². The van der Waals surface area contributed by atoms with Crippen LogP contribution >= 0.6 is 0 Å². The Labute approximate surface area is 177 Å². The Kier molecular flexibility index (Phi) is 6.33. The van der Waals surface area contributed by atoms with E-state index in [0.717, 1.165) is 49.2 Å². The van der Waals surface area contributed by atoms with E-state index in [1.807, 2.05) is 36.4 Å². The van der Waals surface area contributed by atoms with Gasteiger partial charge in [-0.1, -0.05) is 18.2 Å². The van der Waals surface area contributed by atoms with Gasteiger partial charge in [0.1, 0.15) is 5.75 Å². The van der Waals surface area contributed by atoms with E-state index in [0.29, 0.717) is 18.2 Å². The smallest absolute Gasteiger partial charge is 0.255 e. The van der Waals surface area contributed by atoms with Gasteiger partial charge >= 0.3 is 0 Å². The molecule has 2 aromatic carbocycles. The zero-order valence-corrected chi connectivity index (χ0v) is 17.2. The summed E-state index contributed by atoms with van der Waals surface area (Å²) < 4.78 is 5.98. The van der Waals surface area contributed by atoms with Crippen molar-refractivity contribution in [2.24, 2.45) is 5.73 Å². The van der Waals surface area contributed by atoms with Crippen molar-refractivity contribution in [1.29, 1.82) is 0 Å². The monoisotopic (exact) mass is 407 g/mol. The van der Waals surface area contributed by atoms with Crippen LogP contribution in [0.5, 0.6) is 5.75 Å². The van der Waals surface area contributed by atoms with Crippen molar-refractivity contribution in [3.05, 3.63) is 59.7 Å². The van der Waals surface area contributed by atoms with Crippen LogP contribution in [-0.4, -0.2) is 35.4 Å². The van der Waals surface area contributed by atoms with Gasteiger partial charge in [0.2, 0.25) is 5.91 Å². The number of anilines is 1. The lowest BCUT2D eigenvalue weighted by Gasteiger charge is -2.23. The molecular weight excluding hydrogens is 378 g/mol. The third-order valence-corrected chi connectivity index (χ3v) is 6.05. The van der Waals surface area contributed by atoms with Crippen LogP contribution in [0.3, 0.4) is 0 Å². The number of benzene rings is 2. The number of para-hydroxylation sites is 1. The average molecular weight is 408 g/mol. The number of hydrogen-bond acceptors (Lipinski definition) is 4. The highest BCUT2D eigenvalue weighted by Crippen LogP contribution is 2.26. The summed E-state index contributed by atoms with van der Waals surface area (Å²) >= 11 is 0. The molecule has 2 aromatic rings. The largest absolute Gasteiger partial charge is 0.490 e. The second kappa shape index (κ2) is 9.30. The average Bonchev–Trinajstić information content (AvgIpc) is 3.42. The number of carbonyl (C=O) groups is 2. The van der Waals surface area contributed by atoms with Gasteiger partial charge in [0.05, 0.1) is 12.1 Å². The van der Waals surface area contributed by atoms with Gasteiger partial charge in [0.15, 0.2) is 0 Å². The predicted octanol–water partition coefficient (Wildman–Crippen LogP) is 3.71. The Morgan fingerprint density at radius 1 is 1.00 bits per heavy atom. The number of amides is 2. The van der Waals surface area contributed by atoms with E-state index in [4.69, 9.17) is 10.5 Å². The lowest BCUT2D eigenvalue weighted by Crippen LogP contribution is -2.39. The summed E-state index contributed by atoms with van der Waals surface area (Å²) in [4.78, 5) is 26.6. The topological polar surface area (TPSA) is 84.7 Å². The van der Waals surface area contributed by atoms with E-state index in [2.05, 4.69) is 10.2 Å². The van der Waals surface area contributed by atoms with Gasteiger partial charge in [-0.2, -0.15) is 0 Å². The Bertz CT molecular complexity index is 891. The molecule has 6 heteroatoms. The summed E-state index contributed by atoms with van der Waals surface area (Å²) in [6.07, 6.45) is 6.70. The van der Waals surface area contributed by atoms with Gasteiger partial charge < -0.3 is 15.8 Å². The van der Waals surface area contributed by atoms with Gasteiger partial charge in [-0.05, 0) is 81.0 Å². The highest BCUT2D eigenvalue weighted by molar-refractivity contribution is 6.04. The molecule has 30 heavy (non-hydrogen) atoms. The van der Waals surface area contributed by atoms with E-state index in [9.17, 15) is 9.59 Å². The molecule has 2 fully saturated rings. The van der Waals surface area contributed by atoms with Crippen LogP contribution in [0.15, 0.2) is 48.5 Å². The second-order valence-corrected chi connectivity index (χ2v) is 8.19. The second-order valence-electron chi connectivity index (χ2n) is 8.19. The molecule has 0 bridgehead atoms. The fourth-order valence-electron chi connectivity index (χ4n) is 4.41. The number of ether oxygens (including phenoxy) is 1. The molecule has 1 saturated carbocycles. The third kappa shape index (κ3) is 4.82. The molecule has 2 amide bonds. The van der Waals surface area contributed by atoms with Crippen molar-refractivity contribution in [3.63, 3.8) is 0 Å². The van der Waals surface area contributed by atoms with Crippen molar-refractivity contribution in [2.45, 2.75) is 57.2 Å². The lowest BCUT2D eigenvalue weighted by molar-refractivity contribution is -0.122. The molecule has 0 radical (unpaired) electrons. The number of hydrogen-bond donors (Lipinski definition) is 2. The van der Waals surface area contributed by atoms with Crippen LogP contribution < -0.4 is 15.8 Å². The summed E-state index contributed by atoms with van der Waals surface area (Å²) in [5.41, 5.74) is 7.85. The number of nitrogens with two attached hydrogens (primary N) is 1. The molecule has 1 aliphatic heterocycles. The first-order valence-electron chi connectivity index (χ1n) is 10.8. The van der Waals surface area contributed by atoms with Crippen LogP contribution in [0, 0.1) is 0 Å². The summed E-state index contributed by atoms with van der Waals surface area (Å²) in [5, 5.41) is 3.01. The van der Waals surface area contributed by atoms with Crippen LogP contribution in [0.25, 0.3) is 0 Å². The van der Waals surface area contributed by atoms with Crippen LogP contribution in [0.1, 0.15) is 54.4 Å². The molecule has 1 saturated heterocycles. The number of rotatable bonds is 7. The normalized spacial score (nSPS) is 19.7. The van der Waals surface area contributed by atoms with Crippen molar-refractivity contribution < 1.29 is 14.3 Å². The molecule has 3 N–H and O–H groups in total. The summed E-state index contributed by atoms with van der Waals surface area (Å²) in [6, 6.07) is 14.8. The Balaban J connectivity index is 1.41. The minimum Gasteiger partial charge on any atom is -0.490 e. The minimum absolute atomic E-state index is 0.164. The van der Waals surface area contributed by atoms with Crippen LogP contribution in [0.4, 0.5) is 5.69 Å². The molecular formula is C24H29N3O3. The van der Waals surface area contributed by atoms with Crippen molar-refractivity contribution in [1.82, 2.24) is 4.90 Å². The number of nitrogens with zero attached hydrogens (tertiary/aromatic N) is 1. The van der Waals surface area contributed by atoms with E-state index in [1.165, 1.54) is 12.8 Å². The molecule has 2 aliphatic rings. The first-order valence-corrected chi connectivity index (χ1v) is 10.8. The fraction of sp³-hybridized carbons (Fsp3) is 0.417. The molecule has 1 atom stereocenters. The minimum atomic E-state index is -0.283. The zero-order chi connectivity index (χ0) is 20.9. The van der Waals surface area contributed by atoms with Gasteiger partial charge in [0, 0.05) is 17.8 Å². The van der Waals surface area contributed by atoms with Gasteiger partial charge in [-0.15, -0.1) is 0 Å². The first-order chi connectivity index (χ1) is 14.6. The summed E-state index contributed by atoms with van der Waals surface area (Å²) in [6.45, 7) is 1.41. The molecule has 6 nitrogen and oxygen atoms in total. The molecule has 1 heterocycles. The van der Waals surface area contributed by atoms with Gasteiger partial charge in [-0.25, -0.2) is 0 Å². The third-order valence-electron chi connectivity index (χ3n) is 6.05. The van der Waals surface area contributed by atoms with Crippen molar-refractivity contribution >= 4 is 17.5 Å². The number of carbonyl (C=O) groups excluding carboxylic acids is 2. The number of likely N-dealkylation sites (tertiary alicyclic amines) is 1. The predicted molar refractivity (Wildman–Crippen MR) is 116 cm³/mol. The molecule has 0 spiro atoms. The quantitative estimate of drug-likeness (QED) is 0.733. The van der Waals surface area contributed by atoms with E-state index >= 15 is 0 Å². The Morgan fingerprint density at radius 3 is 2.47 bits per heavy atom. The standard InChI is InChI=1S/C24H29N3O3/c25-23(28)22-10-5-15-27(22)16-18-6-1-4-9-21(18)26-24(29)17-11-13-20(14-12-17)30-19-7-2-3-8-19/h1,4,6,9,11-14,19,22H,2-3,5,7-8,10,15-16H2,(H2,25,28)(H,26,29). The SMILES string of the molecule is NC(=O)C1CCCN1Cc1ccccc1NC(=O)c1ccc(OC2CCCC2)cc1. The molecule has 158 valence electrons. The maximum atomic E-state index is 12.8. The lowest BCUT2D eigenvalue weighted by atomic mass is 10.1. The Hall–Kier alpha value is -2.86. The number of nitrogens with one attached hydrogen (secondary N) is 1. The molecule has 1 aliphatic carbocycles. The van der Waals surface area contributed by atoms with Gasteiger partial charge in [-0.3, -0.25) is 14.5 Å². The summed E-state index contributed by atoms with van der Waals surface area (Å²) in [7, 11) is 0. The summed E-state index contributed by atoms with van der Waals surface area (Å²) in [5.74, 6) is 0.363. The van der Waals surface area contributed by atoms with E-state index in [-0.39, 0.29) is 17.9 Å². The highest BCUT2D eigenvalue weighted by Gasteiger charge is 2.29. The van der Waals surface area contributed by atoms with E-state index < -0.39 is 0 Å². The van der Waals surface area contributed by atoms with Crippen molar-refractivity contribution in [2.75, 3.05) is 11.9 Å².